The van der Waals surface area contributed by atoms with Crippen LogP contribution in [0.5, 0.6) is 0 Å². The Balaban J connectivity index is 1.25. The monoisotopic (exact) mass is 463 g/mol. The van der Waals surface area contributed by atoms with Crippen molar-refractivity contribution >= 4 is 50.9 Å². The van der Waals surface area contributed by atoms with Gasteiger partial charge in [-0.25, -0.2) is 9.97 Å². The molecule has 2 amide bonds. The zero-order valence-electron chi connectivity index (χ0n) is 17.2. The summed E-state index contributed by atoms with van der Waals surface area (Å²) in [4.78, 5) is 37.4. The number of benzene rings is 1. The van der Waals surface area contributed by atoms with E-state index < -0.39 is 6.04 Å². The minimum absolute atomic E-state index is 0.0430. The fourth-order valence-corrected chi connectivity index (χ4v) is 5.74. The molecule has 1 atom stereocenters. The van der Waals surface area contributed by atoms with Gasteiger partial charge in [-0.15, -0.1) is 0 Å². The molecule has 3 aromatic heterocycles. The number of likely N-dealkylation sites (tertiary alicyclic amines) is 1. The highest BCUT2D eigenvalue weighted by atomic mass is 32.2. The average Bonchev–Trinajstić information content (AvgIpc) is 3.58. The molecule has 1 aromatic carbocycles. The number of nitrogens with one attached hydrogen (secondary N) is 1. The summed E-state index contributed by atoms with van der Waals surface area (Å²) in [7, 11) is 0. The highest BCUT2D eigenvalue weighted by molar-refractivity contribution is 8.01. The van der Waals surface area contributed by atoms with Gasteiger partial charge < -0.3 is 14.8 Å². The van der Waals surface area contributed by atoms with Crippen molar-refractivity contribution in [1.82, 2.24) is 19.4 Å². The summed E-state index contributed by atoms with van der Waals surface area (Å²) in [6.07, 6.45) is 7.09. The molecule has 0 aliphatic carbocycles. The van der Waals surface area contributed by atoms with Crippen LogP contribution >= 0.6 is 23.1 Å². The Hall–Kier alpha value is -3.17. The number of pyridine rings is 1. The largest absolute Gasteiger partial charge is 0.330 e. The molecule has 0 radical (unpaired) electrons. The minimum Gasteiger partial charge on any atom is -0.330 e. The smallest absolute Gasteiger partial charge is 0.247 e. The predicted octanol–water partition coefficient (Wildman–Crippen LogP) is 4.20. The number of nitrogens with zero attached hydrogens (tertiary/aromatic N) is 4. The predicted molar refractivity (Wildman–Crippen MR) is 127 cm³/mol. The average molecular weight is 464 g/mol. The summed E-state index contributed by atoms with van der Waals surface area (Å²) in [5.41, 5.74) is 2.46. The van der Waals surface area contributed by atoms with E-state index in [0.717, 1.165) is 32.5 Å². The standard InChI is InChI=1S/C23H21N5O2S2/c29-20(15-31-23-26-17-8-5-11-24-22(17)32-23)28-14-6-10-19(28)21(30)25-16-7-1-2-9-18(16)27-12-3-4-13-27/h1-5,7-9,11-13,19H,6,10,14-15H2,(H,25,30). The third-order valence-corrected chi connectivity index (χ3v) is 7.49. The van der Waals surface area contributed by atoms with Gasteiger partial charge in [0.1, 0.15) is 16.4 Å². The summed E-state index contributed by atoms with van der Waals surface area (Å²) in [6, 6.07) is 14.8. The van der Waals surface area contributed by atoms with E-state index in [0.29, 0.717) is 13.0 Å². The highest BCUT2D eigenvalue weighted by Crippen LogP contribution is 2.29. The quantitative estimate of drug-likeness (QED) is 0.434. The van der Waals surface area contributed by atoms with Crippen molar-refractivity contribution in [1.29, 1.82) is 0 Å². The molecule has 4 heterocycles. The van der Waals surface area contributed by atoms with E-state index in [9.17, 15) is 9.59 Å². The first kappa shape index (κ1) is 20.7. The Morgan fingerprint density at radius 1 is 1.12 bits per heavy atom. The molecule has 1 unspecified atom stereocenters. The Morgan fingerprint density at radius 2 is 1.97 bits per heavy atom. The number of fused-ring (bicyclic) bond motifs is 1. The van der Waals surface area contributed by atoms with Crippen LogP contribution in [0.3, 0.4) is 0 Å². The molecule has 5 rings (SSSR count). The van der Waals surface area contributed by atoms with E-state index in [4.69, 9.17) is 0 Å². The first-order valence-electron chi connectivity index (χ1n) is 10.4. The maximum atomic E-state index is 13.1. The lowest BCUT2D eigenvalue weighted by atomic mass is 10.2. The Bertz CT molecular complexity index is 1220. The second kappa shape index (κ2) is 9.13. The normalized spacial score (nSPS) is 15.9. The molecule has 162 valence electrons. The van der Waals surface area contributed by atoms with E-state index in [1.54, 1.807) is 11.1 Å². The molecule has 0 bridgehead atoms. The van der Waals surface area contributed by atoms with Crippen LogP contribution in [0.15, 0.2) is 71.5 Å². The van der Waals surface area contributed by atoms with Gasteiger partial charge in [0.05, 0.1) is 17.1 Å². The van der Waals surface area contributed by atoms with Gasteiger partial charge in [0.2, 0.25) is 11.8 Å². The number of hydrogen-bond donors (Lipinski definition) is 1. The van der Waals surface area contributed by atoms with Gasteiger partial charge >= 0.3 is 0 Å². The van der Waals surface area contributed by atoms with Gasteiger partial charge in [0.25, 0.3) is 0 Å². The molecule has 1 N–H and O–H groups in total. The Morgan fingerprint density at radius 3 is 2.81 bits per heavy atom. The SMILES string of the molecule is O=C(Nc1ccccc1-n1cccc1)C1CCCN1C(=O)CSc1nc2cccnc2s1. The second-order valence-electron chi connectivity index (χ2n) is 7.44. The third-order valence-electron chi connectivity index (χ3n) is 5.39. The number of carbonyl (C=O) groups is 2. The van der Waals surface area contributed by atoms with Crippen LogP contribution < -0.4 is 5.32 Å². The van der Waals surface area contributed by atoms with Gasteiger partial charge in [0, 0.05) is 25.1 Å². The van der Waals surface area contributed by atoms with E-state index in [1.165, 1.54) is 23.1 Å². The summed E-state index contributed by atoms with van der Waals surface area (Å²) in [5.74, 6) is 0.0620. The number of thioether (sulfide) groups is 1. The van der Waals surface area contributed by atoms with Gasteiger partial charge in [0.15, 0.2) is 4.34 Å². The molecule has 9 heteroatoms. The van der Waals surface area contributed by atoms with Crippen LogP contribution in [0.25, 0.3) is 16.0 Å². The van der Waals surface area contributed by atoms with Crippen LogP contribution in [0, 0.1) is 0 Å². The first-order chi connectivity index (χ1) is 15.7. The van der Waals surface area contributed by atoms with E-state index in [2.05, 4.69) is 15.3 Å². The molecule has 1 aliphatic heterocycles. The van der Waals surface area contributed by atoms with Gasteiger partial charge in [-0.05, 0) is 49.2 Å². The lowest BCUT2D eigenvalue weighted by Crippen LogP contribution is -2.44. The molecule has 1 fully saturated rings. The molecule has 0 saturated carbocycles. The topological polar surface area (TPSA) is 80.1 Å². The number of para-hydroxylation sites is 2. The van der Waals surface area contributed by atoms with Crippen molar-refractivity contribution in [2.75, 3.05) is 17.6 Å². The van der Waals surface area contributed by atoms with E-state index >= 15 is 0 Å². The van der Waals surface area contributed by atoms with Gasteiger partial charge in [-0.3, -0.25) is 9.59 Å². The van der Waals surface area contributed by atoms with Crippen LogP contribution in [0.2, 0.25) is 0 Å². The van der Waals surface area contributed by atoms with Gasteiger partial charge in [-0.2, -0.15) is 0 Å². The lowest BCUT2D eigenvalue weighted by molar-refractivity contribution is -0.134. The zero-order chi connectivity index (χ0) is 21.9. The molecular formula is C23H21N5O2S2. The summed E-state index contributed by atoms with van der Waals surface area (Å²) in [5, 5.41) is 3.04. The van der Waals surface area contributed by atoms with Crippen molar-refractivity contribution in [3.63, 3.8) is 0 Å². The van der Waals surface area contributed by atoms with Crippen LogP contribution in [-0.4, -0.2) is 49.6 Å². The fourth-order valence-electron chi connectivity index (χ4n) is 3.87. The lowest BCUT2D eigenvalue weighted by Gasteiger charge is -2.24. The molecule has 7 nitrogen and oxygen atoms in total. The van der Waals surface area contributed by atoms with Crippen molar-refractivity contribution < 1.29 is 9.59 Å². The molecule has 0 spiro atoms. The van der Waals surface area contributed by atoms with Crippen LogP contribution in [-0.2, 0) is 9.59 Å². The summed E-state index contributed by atoms with van der Waals surface area (Å²) in [6.45, 7) is 0.595. The molecule has 1 saturated heterocycles. The molecule has 4 aromatic rings. The van der Waals surface area contributed by atoms with Gasteiger partial charge in [-0.1, -0.05) is 35.2 Å². The number of carbonyl (C=O) groups excluding carboxylic acids is 2. The second-order valence-corrected chi connectivity index (χ2v) is 9.64. The number of hydrogen-bond acceptors (Lipinski definition) is 6. The first-order valence-corrected chi connectivity index (χ1v) is 12.2. The zero-order valence-corrected chi connectivity index (χ0v) is 18.8. The highest BCUT2D eigenvalue weighted by Gasteiger charge is 2.34. The Kier molecular flexibility index (Phi) is 5.91. The van der Waals surface area contributed by atoms with E-state index in [-0.39, 0.29) is 17.6 Å². The maximum Gasteiger partial charge on any atom is 0.247 e. The molecule has 1 aliphatic rings. The van der Waals surface area contributed by atoms with Crippen molar-refractivity contribution in [2.45, 2.75) is 23.2 Å². The van der Waals surface area contributed by atoms with Crippen molar-refractivity contribution in [3.8, 4) is 5.69 Å². The number of aromatic nitrogens is 3. The minimum atomic E-state index is -0.460. The molecule has 32 heavy (non-hydrogen) atoms. The number of thiazole rings is 1. The summed E-state index contributed by atoms with van der Waals surface area (Å²) < 4.78 is 2.77. The van der Waals surface area contributed by atoms with Crippen LogP contribution in [0.4, 0.5) is 5.69 Å². The number of amides is 2. The van der Waals surface area contributed by atoms with Crippen molar-refractivity contribution in [3.05, 3.63) is 67.1 Å². The Labute approximate surface area is 193 Å². The fraction of sp³-hybridized carbons (Fsp3) is 0.217. The van der Waals surface area contributed by atoms with Crippen molar-refractivity contribution in [2.24, 2.45) is 0 Å². The number of anilines is 1. The van der Waals surface area contributed by atoms with E-state index in [1.807, 2.05) is 65.5 Å². The summed E-state index contributed by atoms with van der Waals surface area (Å²) >= 11 is 2.88. The maximum absolute atomic E-state index is 13.1. The van der Waals surface area contributed by atoms with Crippen LogP contribution in [0.1, 0.15) is 12.8 Å². The molecular weight excluding hydrogens is 442 g/mol. The number of rotatable bonds is 6. The third kappa shape index (κ3) is 4.26.